The number of carbonyl (C=O) groups excluding carboxylic acids is 2. The number of nitrogens with one attached hydrogen (secondary N) is 4. The van der Waals surface area contributed by atoms with Crippen LogP contribution in [-0.2, 0) is 40.7 Å². The molecule has 19 nitrogen and oxygen atoms in total. The average Bonchev–Trinajstić information content (AvgIpc) is 3.35. The molecule has 0 radical (unpaired) electrons. The summed E-state index contributed by atoms with van der Waals surface area (Å²) < 4.78 is 68.3. The van der Waals surface area contributed by atoms with Crippen LogP contribution >= 0.6 is 0 Å². The first-order valence-electron chi connectivity index (χ1n) is 25.8. The van der Waals surface area contributed by atoms with Gasteiger partial charge in [0.25, 0.3) is 0 Å². The molecule has 21 heteroatoms. The molecule has 2 unspecified atom stereocenters. The molecule has 0 aliphatic carbocycles. The monoisotopic (exact) mass is 1100 g/mol. The predicted octanol–water partition coefficient (Wildman–Crippen LogP) is 9.24. The number of hydrogen-bond acceptors (Lipinski definition) is 15. The van der Waals surface area contributed by atoms with Crippen LogP contribution in [0.1, 0.15) is 141 Å². The van der Waals surface area contributed by atoms with Gasteiger partial charge in [-0.25, -0.2) is 26.4 Å². The molecule has 6 rings (SSSR count). The number of nitrogens with zero attached hydrogens (tertiary/aromatic N) is 2. The van der Waals surface area contributed by atoms with Gasteiger partial charge in [-0.3, -0.25) is 19.2 Å². The number of aliphatic hydroxyl groups excluding tert-OH is 2. The van der Waals surface area contributed by atoms with Crippen molar-refractivity contribution in [2.45, 2.75) is 141 Å². The Morgan fingerprint density at radius 1 is 0.618 bits per heavy atom. The van der Waals surface area contributed by atoms with Gasteiger partial charge in [0.15, 0.2) is 0 Å². The van der Waals surface area contributed by atoms with Crippen molar-refractivity contribution in [1.82, 2.24) is 10.6 Å². The highest BCUT2D eigenvalue weighted by Gasteiger charge is 2.45. The van der Waals surface area contributed by atoms with Gasteiger partial charge in [0.05, 0.1) is 54.6 Å². The fraction of sp³-hybridized carbons (Fsp3) is 0.527. The van der Waals surface area contributed by atoms with E-state index in [0.717, 1.165) is 60.7 Å². The van der Waals surface area contributed by atoms with Gasteiger partial charge < -0.3 is 45.3 Å². The molecule has 0 spiro atoms. The molecule has 76 heavy (non-hydrogen) atoms. The van der Waals surface area contributed by atoms with E-state index in [0.29, 0.717) is 55.6 Å². The molecular weight excluding hydrogens is 1020 g/mol. The number of aromatic hydroxyl groups is 2. The van der Waals surface area contributed by atoms with Crippen LogP contribution < -0.4 is 34.6 Å². The van der Waals surface area contributed by atoms with Crippen LogP contribution in [0.15, 0.2) is 78.9 Å². The van der Waals surface area contributed by atoms with Gasteiger partial charge in [-0.15, -0.1) is 0 Å². The van der Waals surface area contributed by atoms with Crippen molar-refractivity contribution in [1.29, 1.82) is 0 Å². The van der Waals surface area contributed by atoms with Crippen molar-refractivity contribution < 1.29 is 61.1 Å². The van der Waals surface area contributed by atoms with E-state index >= 15 is 0 Å². The summed E-state index contributed by atoms with van der Waals surface area (Å²) in [5.74, 6) is 0.240. The number of para-hydroxylation sites is 1. The summed E-state index contributed by atoms with van der Waals surface area (Å²) in [6.07, 6.45) is 5.16. The lowest BCUT2D eigenvalue weighted by Gasteiger charge is -2.43. The highest BCUT2D eigenvalue weighted by Crippen LogP contribution is 2.47. The highest BCUT2D eigenvalue weighted by molar-refractivity contribution is 7.92. The molecule has 8 N–H and O–H groups in total. The number of ether oxygens (including phenoxy) is 3. The Kier molecular flexibility index (Phi) is 20.1. The topological polar surface area (TPSA) is 266 Å². The number of methoxy groups -OCH3 is 1. The molecule has 0 bridgehead atoms. The minimum absolute atomic E-state index is 0.00236. The Hall–Kier alpha value is -5.84. The van der Waals surface area contributed by atoms with Crippen molar-refractivity contribution in [2.75, 3.05) is 65.0 Å². The zero-order valence-corrected chi connectivity index (χ0v) is 47.5. The van der Waals surface area contributed by atoms with Crippen LogP contribution in [0.4, 0.5) is 32.3 Å². The second-order valence-corrected chi connectivity index (χ2v) is 24.5. The first-order chi connectivity index (χ1) is 35.5. The largest absolute Gasteiger partial charge is 0.506 e. The quantitative estimate of drug-likeness (QED) is 0.0288. The maximum Gasteiger partial charge on any atom is 0.415 e. The SMILES string of the molecule is CCC1(CC)OC(=O)N(CCC(C)(C)NCC(O)c2ccc(O)c(NS(C)(=O)=O)c2)c2ccc(OC)cc21.CCCC1(CCC)OC(=O)N(CCC(C)(C)NCC(O)c2ccc(O)c(NS(C)(=O)=O)c2)c2ccccc21. The molecule has 2 aliphatic rings. The lowest BCUT2D eigenvalue weighted by atomic mass is 9.82. The number of cyclic esters (lactones) is 2. The van der Waals surface area contributed by atoms with Crippen LogP contribution in [0, 0.1) is 0 Å². The number of anilines is 4. The molecule has 0 aromatic heterocycles. The number of aliphatic hydroxyl groups is 2. The third-order valence-electron chi connectivity index (χ3n) is 14.0. The van der Waals surface area contributed by atoms with Gasteiger partial charge in [-0.1, -0.05) is 70.9 Å². The smallest absolute Gasteiger partial charge is 0.415 e. The zero-order valence-electron chi connectivity index (χ0n) is 45.8. The molecule has 420 valence electrons. The number of hydrogen-bond donors (Lipinski definition) is 8. The number of carbonyl (C=O) groups is 2. The third kappa shape index (κ3) is 15.6. The maximum atomic E-state index is 13.2. The minimum Gasteiger partial charge on any atom is -0.506 e. The number of fused-ring (bicyclic) bond motifs is 2. The summed E-state index contributed by atoms with van der Waals surface area (Å²) in [5, 5.41) is 48.0. The number of phenols is 2. The van der Waals surface area contributed by atoms with E-state index in [-0.39, 0.29) is 42.1 Å². The summed E-state index contributed by atoms with van der Waals surface area (Å²) in [7, 11) is -5.57. The summed E-state index contributed by atoms with van der Waals surface area (Å²) in [6.45, 7) is 17.3. The van der Waals surface area contributed by atoms with E-state index in [1.165, 1.54) is 30.3 Å². The molecule has 0 fully saturated rings. The Labute approximate surface area is 449 Å². The standard InChI is InChI=1S/C28H41N3O6S.C27H39N3O7S/c1-6-14-28(15-7-2)21-10-8-9-11-23(21)31(26(34)37-28)17-16-27(3,4)29-19-25(33)20-12-13-24(32)22(18-20)30-38(5,35)36;1-7-27(8-2)20-16-19(36-5)10-11-22(20)30(25(33)37-27)14-13-26(3,4)28-17-24(32)18-9-12-23(31)21(15-18)29-38(6,34)35/h8-13,18,25,29-30,32-33H,6-7,14-17,19H2,1-5H3;9-12,15-16,24,28-29,31-32H,7-8,13-14,17H2,1-6H3. The van der Waals surface area contributed by atoms with Crippen molar-refractivity contribution in [3.8, 4) is 17.2 Å². The Morgan fingerprint density at radius 2 is 1.05 bits per heavy atom. The summed E-state index contributed by atoms with van der Waals surface area (Å²) in [5.41, 5.74) is 2.35. The maximum absolute atomic E-state index is 13.2. The van der Waals surface area contributed by atoms with E-state index < -0.39 is 60.6 Å². The van der Waals surface area contributed by atoms with Crippen LogP contribution in [0.5, 0.6) is 17.2 Å². The average molecular weight is 1100 g/mol. The van der Waals surface area contributed by atoms with Gasteiger partial charge in [0, 0.05) is 48.4 Å². The van der Waals surface area contributed by atoms with Gasteiger partial charge in [0.2, 0.25) is 20.0 Å². The summed E-state index contributed by atoms with van der Waals surface area (Å²) in [6, 6.07) is 22.2. The number of amides is 2. The molecule has 0 saturated carbocycles. The Bertz CT molecular complexity index is 2870. The minimum atomic E-state index is -3.59. The van der Waals surface area contributed by atoms with Gasteiger partial charge in [-0.2, -0.15) is 0 Å². The lowest BCUT2D eigenvalue weighted by Crippen LogP contribution is -2.49. The van der Waals surface area contributed by atoms with E-state index in [1.807, 2.05) is 77.9 Å². The zero-order chi connectivity index (χ0) is 56.4. The number of β-amino-alcohol motifs (C(OH)–C–C–N with tert-alkyl or cyclic N) is 2. The number of phenolic OH excluding ortho intramolecular Hbond substituents is 2. The normalized spacial score (nSPS) is 16.0. The molecule has 2 aliphatic heterocycles. The lowest BCUT2D eigenvalue weighted by molar-refractivity contribution is -0.00982. The van der Waals surface area contributed by atoms with Crippen molar-refractivity contribution in [3.63, 3.8) is 0 Å². The van der Waals surface area contributed by atoms with E-state index in [1.54, 1.807) is 23.0 Å². The number of benzene rings is 4. The molecular formula is C55H80N6O13S2. The molecule has 2 heterocycles. The predicted molar refractivity (Wildman–Crippen MR) is 297 cm³/mol. The molecule has 2 amide bonds. The molecule has 2 atom stereocenters. The van der Waals surface area contributed by atoms with Crippen LogP contribution in [-0.4, -0.2) is 106 Å². The fourth-order valence-corrected chi connectivity index (χ4v) is 10.7. The van der Waals surface area contributed by atoms with Crippen molar-refractivity contribution >= 4 is 55.0 Å². The molecule has 0 saturated heterocycles. The highest BCUT2D eigenvalue weighted by atomic mass is 32.2. The van der Waals surface area contributed by atoms with E-state index in [4.69, 9.17) is 14.2 Å². The van der Waals surface area contributed by atoms with E-state index in [2.05, 4.69) is 40.0 Å². The second-order valence-electron chi connectivity index (χ2n) is 21.0. The van der Waals surface area contributed by atoms with Crippen LogP contribution in [0.3, 0.4) is 0 Å². The Balaban J connectivity index is 0.000000281. The van der Waals surface area contributed by atoms with Crippen LogP contribution in [0.2, 0.25) is 0 Å². The molecule has 4 aromatic rings. The first kappa shape index (κ1) is 61.0. The van der Waals surface area contributed by atoms with Gasteiger partial charge >= 0.3 is 12.2 Å². The van der Waals surface area contributed by atoms with Crippen LogP contribution in [0.25, 0.3) is 0 Å². The first-order valence-corrected chi connectivity index (χ1v) is 29.6. The number of sulfonamides is 2. The third-order valence-corrected chi connectivity index (χ3v) is 15.2. The van der Waals surface area contributed by atoms with Crippen molar-refractivity contribution in [3.05, 3.63) is 101 Å². The Morgan fingerprint density at radius 3 is 1.47 bits per heavy atom. The fourth-order valence-electron chi connectivity index (χ4n) is 9.62. The van der Waals surface area contributed by atoms with Gasteiger partial charge in [0.1, 0.15) is 28.5 Å². The second kappa shape index (κ2) is 25.1. The summed E-state index contributed by atoms with van der Waals surface area (Å²) >= 11 is 0. The van der Waals surface area contributed by atoms with Gasteiger partial charge in [-0.05, 0) is 126 Å². The van der Waals surface area contributed by atoms with E-state index in [9.17, 15) is 46.9 Å². The summed E-state index contributed by atoms with van der Waals surface area (Å²) in [4.78, 5) is 29.7. The number of rotatable bonds is 25. The van der Waals surface area contributed by atoms with Crippen molar-refractivity contribution in [2.24, 2.45) is 0 Å². The molecule has 4 aromatic carbocycles.